The monoisotopic (exact) mass is 401 g/mol. The van der Waals surface area contributed by atoms with E-state index in [1.54, 1.807) is 44.2 Å². The van der Waals surface area contributed by atoms with Gasteiger partial charge in [0.05, 0.1) is 16.5 Å². The van der Waals surface area contributed by atoms with Crippen LogP contribution in [-0.2, 0) is 24.3 Å². The number of aryl methyl sites for hydroxylation is 2. The summed E-state index contributed by atoms with van der Waals surface area (Å²) in [6.07, 6.45) is 0. The van der Waals surface area contributed by atoms with Crippen LogP contribution in [0.2, 0.25) is 0 Å². The third kappa shape index (κ3) is 5.90. The van der Waals surface area contributed by atoms with Crippen molar-refractivity contribution in [2.75, 3.05) is 18.5 Å². The van der Waals surface area contributed by atoms with Gasteiger partial charge in [-0.2, -0.15) is 9.98 Å². The van der Waals surface area contributed by atoms with Crippen molar-refractivity contribution in [2.45, 2.75) is 18.7 Å². The molecule has 2 aromatic carbocycles. The topological polar surface area (TPSA) is 125 Å². The molecule has 0 aromatic heterocycles. The second-order valence-corrected chi connectivity index (χ2v) is 7.73. The van der Waals surface area contributed by atoms with Crippen molar-refractivity contribution in [3.63, 3.8) is 0 Å². The summed E-state index contributed by atoms with van der Waals surface area (Å²) in [5, 5.41) is 11.3. The van der Waals surface area contributed by atoms with Gasteiger partial charge in [0.15, 0.2) is 6.61 Å². The number of ether oxygens (including phenoxy) is 1. The number of esters is 1. The zero-order valence-corrected chi connectivity index (χ0v) is 16.2. The SMILES string of the molecule is Cc1ccc(C)c(S(=O)(=O)NCC(=O)OCC(=O)Nc2cccc(C#N)c2)c1. The molecule has 0 unspecified atom stereocenters. The van der Waals surface area contributed by atoms with Crippen molar-refractivity contribution >= 4 is 27.6 Å². The highest BCUT2D eigenvalue weighted by atomic mass is 32.2. The van der Waals surface area contributed by atoms with Crippen LogP contribution < -0.4 is 10.0 Å². The van der Waals surface area contributed by atoms with Crippen LogP contribution in [0.4, 0.5) is 5.69 Å². The van der Waals surface area contributed by atoms with Gasteiger partial charge in [-0.05, 0) is 49.2 Å². The number of carbonyl (C=O) groups is 2. The molecule has 0 saturated heterocycles. The normalized spacial score (nSPS) is 10.8. The van der Waals surface area contributed by atoms with E-state index in [1.165, 1.54) is 12.1 Å². The maximum Gasteiger partial charge on any atom is 0.321 e. The predicted octanol–water partition coefficient (Wildman–Crippen LogP) is 1.64. The minimum Gasteiger partial charge on any atom is -0.455 e. The molecule has 0 aliphatic carbocycles. The molecule has 0 heterocycles. The van der Waals surface area contributed by atoms with E-state index in [2.05, 4.69) is 10.0 Å². The van der Waals surface area contributed by atoms with Gasteiger partial charge < -0.3 is 10.1 Å². The molecule has 0 aliphatic rings. The van der Waals surface area contributed by atoms with Crippen molar-refractivity contribution in [3.8, 4) is 6.07 Å². The zero-order valence-electron chi connectivity index (χ0n) is 15.4. The summed E-state index contributed by atoms with van der Waals surface area (Å²) in [6.45, 7) is 2.23. The van der Waals surface area contributed by atoms with Crippen LogP contribution in [0, 0.1) is 25.2 Å². The highest BCUT2D eigenvalue weighted by Crippen LogP contribution is 2.16. The van der Waals surface area contributed by atoms with Gasteiger partial charge in [-0.3, -0.25) is 9.59 Å². The van der Waals surface area contributed by atoms with Gasteiger partial charge in [-0.1, -0.05) is 18.2 Å². The summed E-state index contributed by atoms with van der Waals surface area (Å²) in [5.74, 6) is -1.50. The predicted molar refractivity (Wildman–Crippen MR) is 102 cm³/mol. The lowest BCUT2D eigenvalue weighted by atomic mass is 10.2. The van der Waals surface area contributed by atoms with Crippen molar-refractivity contribution in [1.29, 1.82) is 5.26 Å². The lowest BCUT2D eigenvalue weighted by Crippen LogP contribution is -2.32. The average molecular weight is 401 g/mol. The molecular weight excluding hydrogens is 382 g/mol. The number of hydrogen-bond acceptors (Lipinski definition) is 6. The highest BCUT2D eigenvalue weighted by molar-refractivity contribution is 7.89. The largest absolute Gasteiger partial charge is 0.455 e. The summed E-state index contributed by atoms with van der Waals surface area (Å²) in [5.41, 5.74) is 2.07. The van der Waals surface area contributed by atoms with Crippen LogP contribution in [0.25, 0.3) is 0 Å². The first-order chi connectivity index (χ1) is 13.2. The van der Waals surface area contributed by atoms with E-state index in [0.717, 1.165) is 5.56 Å². The molecule has 0 radical (unpaired) electrons. The third-order valence-corrected chi connectivity index (χ3v) is 5.22. The quantitative estimate of drug-likeness (QED) is 0.680. The molecule has 0 fully saturated rings. The smallest absolute Gasteiger partial charge is 0.321 e. The molecule has 0 atom stereocenters. The van der Waals surface area contributed by atoms with Crippen molar-refractivity contribution < 1.29 is 22.7 Å². The molecule has 0 bridgehead atoms. The Morgan fingerprint density at radius 1 is 1.14 bits per heavy atom. The number of nitrogens with zero attached hydrogens (tertiary/aromatic N) is 1. The third-order valence-electron chi connectivity index (χ3n) is 3.68. The molecule has 2 rings (SSSR count). The molecule has 9 heteroatoms. The summed E-state index contributed by atoms with van der Waals surface area (Å²) < 4.78 is 31.6. The van der Waals surface area contributed by atoms with E-state index >= 15 is 0 Å². The highest BCUT2D eigenvalue weighted by Gasteiger charge is 2.19. The molecule has 0 spiro atoms. The molecule has 146 valence electrons. The van der Waals surface area contributed by atoms with E-state index < -0.39 is 35.1 Å². The summed E-state index contributed by atoms with van der Waals surface area (Å²) in [7, 11) is -3.89. The van der Waals surface area contributed by atoms with E-state index in [1.807, 2.05) is 6.07 Å². The number of sulfonamides is 1. The first-order valence-corrected chi connectivity index (χ1v) is 9.72. The fraction of sp³-hybridized carbons (Fsp3) is 0.211. The molecule has 8 nitrogen and oxygen atoms in total. The van der Waals surface area contributed by atoms with Gasteiger partial charge in [-0.25, -0.2) is 8.42 Å². The zero-order chi connectivity index (χ0) is 20.7. The number of anilines is 1. The maximum absolute atomic E-state index is 12.3. The maximum atomic E-state index is 12.3. The Kier molecular flexibility index (Phi) is 6.87. The number of nitriles is 1. The Labute approximate surface area is 163 Å². The van der Waals surface area contributed by atoms with Crippen molar-refractivity contribution in [1.82, 2.24) is 4.72 Å². The number of nitrogens with one attached hydrogen (secondary N) is 2. The van der Waals surface area contributed by atoms with E-state index in [9.17, 15) is 18.0 Å². The Bertz CT molecular complexity index is 1040. The minimum absolute atomic E-state index is 0.0791. The Balaban J connectivity index is 1.86. The Morgan fingerprint density at radius 2 is 1.89 bits per heavy atom. The van der Waals surface area contributed by atoms with Crippen LogP contribution in [-0.4, -0.2) is 33.4 Å². The first kappa shape index (κ1) is 21.1. The van der Waals surface area contributed by atoms with Crippen molar-refractivity contribution in [2.24, 2.45) is 0 Å². The van der Waals surface area contributed by atoms with Gasteiger partial charge in [0, 0.05) is 5.69 Å². The summed E-state index contributed by atoms with van der Waals surface area (Å²) >= 11 is 0. The van der Waals surface area contributed by atoms with Gasteiger partial charge in [0.1, 0.15) is 6.54 Å². The van der Waals surface area contributed by atoms with Gasteiger partial charge in [0.2, 0.25) is 10.0 Å². The first-order valence-electron chi connectivity index (χ1n) is 8.24. The van der Waals surface area contributed by atoms with E-state index in [0.29, 0.717) is 16.8 Å². The molecule has 2 aromatic rings. The standard InChI is InChI=1S/C19H19N3O5S/c1-13-6-7-14(2)17(8-13)28(25,26)21-11-19(24)27-12-18(23)22-16-5-3-4-15(9-16)10-20/h3-9,21H,11-12H2,1-2H3,(H,22,23). The average Bonchev–Trinajstić information content (AvgIpc) is 2.66. The van der Waals surface area contributed by atoms with Crippen molar-refractivity contribution in [3.05, 3.63) is 59.2 Å². The molecule has 1 amide bonds. The van der Waals surface area contributed by atoms with E-state index in [4.69, 9.17) is 10.00 Å². The van der Waals surface area contributed by atoms with Gasteiger partial charge in [-0.15, -0.1) is 0 Å². The second-order valence-electron chi connectivity index (χ2n) is 5.99. The lowest BCUT2D eigenvalue weighted by Gasteiger charge is -2.10. The van der Waals surface area contributed by atoms with E-state index in [-0.39, 0.29) is 4.90 Å². The number of carbonyl (C=O) groups excluding carboxylic acids is 2. The fourth-order valence-corrected chi connectivity index (χ4v) is 3.59. The molecular formula is C19H19N3O5S. The fourth-order valence-electron chi connectivity index (χ4n) is 2.29. The van der Waals surface area contributed by atoms with Gasteiger partial charge >= 0.3 is 5.97 Å². The Hall–Kier alpha value is -3.22. The van der Waals surface area contributed by atoms with Gasteiger partial charge in [0.25, 0.3) is 5.91 Å². The van der Waals surface area contributed by atoms with Crippen LogP contribution in [0.3, 0.4) is 0 Å². The molecule has 2 N–H and O–H groups in total. The minimum atomic E-state index is -3.89. The number of rotatable bonds is 7. The van der Waals surface area contributed by atoms with Crippen LogP contribution in [0.5, 0.6) is 0 Å². The second kappa shape index (κ2) is 9.12. The summed E-state index contributed by atoms with van der Waals surface area (Å²) in [6, 6.07) is 13.1. The lowest BCUT2D eigenvalue weighted by molar-refractivity contribution is -0.146. The number of hydrogen-bond donors (Lipinski definition) is 2. The molecule has 0 aliphatic heterocycles. The molecule has 28 heavy (non-hydrogen) atoms. The number of amides is 1. The van der Waals surface area contributed by atoms with Crippen LogP contribution >= 0.6 is 0 Å². The molecule has 0 saturated carbocycles. The van der Waals surface area contributed by atoms with Crippen LogP contribution in [0.1, 0.15) is 16.7 Å². The van der Waals surface area contributed by atoms with Crippen LogP contribution in [0.15, 0.2) is 47.4 Å². The Morgan fingerprint density at radius 3 is 2.61 bits per heavy atom. The number of benzene rings is 2. The summed E-state index contributed by atoms with van der Waals surface area (Å²) in [4.78, 5) is 23.6.